The average Bonchev–Trinajstić information content (AvgIpc) is 2.92. The number of para-hydroxylation sites is 2. The number of ether oxygens (including phenoxy) is 1. The number of nitrogens with zero attached hydrogens (tertiary/aromatic N) is 1. The van der Waals surface area contributed by atoms with Gasteiger partial charge in [-0.25, -0.2) is 0 Å². The second-order valence-corrected chi connectivity index (χ2v) is 5.35. The Morgan fingerprint density at radius 1 is 1.29 bits per heavy atom. The average molecular weight is 283 g/mol. The summed E-state index contributed by atoms with van der Waals surface area (Å²) in [6.07, 6.45) is 5.44. The van der Waals surface area contributed by atoms with Crippen molar-refractivity contribution in [1.29, 1.82) is 5.26 Å². The molecule has 0 radical (unpaired) electrons. The van der Waals surface area contributed by atoms with Crippen LogP contribution in [-0.2, 0) is 4.79 Å². The molecule has 1 fully saturated rings. The minimum Gasteiger partial charge on any atom is -0.437 e. The van der Waals surface area contributed by atoms with Crippen LogP contribution in [0.15, 0.2) is 35.7 Å². The summed E-state index contributed by atoms with van der Waals surface area (Å²) >= 11 is 0. The molecule has 3 rings (SSSR count). The van der Waals surface area contributed by atoms with Gasteiger partial charge in [0.05, 0.1) is 5.69 Å². The number of rotatable bonds is 2. The van der Waals surface area contributed by atoms with Crippen LogP contribution in [0.5, 0.6) is 5.75 Å². The fourth-order valence-electron chi connectivity index (χ4n) is 2.74. The maximum Gasteiger partial charge on any atom is 0.267 e. The summed E-state index contributed by atoms with van der Waals surface area (Å²) < 4.78 is 5.56. The third kappa shape index (κ3) is 2.84. The summed E-state index contributed by atoms with van der Waals surface area (Å²) in [7, 11) is 0. The van der Waals surface area contributed by atoms with E-state index in [1.807, 2.05) is 24.3 Å². The van der Waals surface area contributed by atoms with Crippen LogP contribution < -0.4 is 15.4 Å². The molecule has 1 amide bonds. The summed E-state index contributed by atoms with van der Waals surface area (Å²) in [6, 6.07) is 9.46. The number of nitrogens with one attached hydrogen (secondary N) is 2. The molecule has 2 N–H and O–H groups in total. The summed E-state index contributed by atoms with van der Waals surface area (Å²) in [5, 5.41) is 15.2. The minimum absolute atomic E-state index is 0.00299. The van der Waals surface area contributed by atoms with Gasteiger partial charge in [-0.3, -0.25) is 4.79 Å². The Kier molecular flexibility index (Phi) is 3.78. The van der Waals surface area contributed by atoms with Gasteiger partial charge in [-0.2, -0.15) is 5.26 Å². The molecule has 2 aliphatic rings. The van der Waals surface area contributed by atoms with E-state index in [9.17, 15) is 10.1 Å². The van der Waals surface area contributed by atoms with Crippen LogP contribution in [0.4, 0.5) is 5.69 Å². The SMILES string of the molecule is N#C/C(C(=O)NC1CCCCC1)=C1/Nc2ccccc2O1. The Balaban J connectivity index is 1.75. The van der Waals surface area contributed by atoms with E-state index in [1.54, 1.807) is 6.07 Å². The van der Waals surface area contributed by atoms with Crippen molar-refractivity contribution in [3.05, 3.63) is 35.7 Å². The van der Waals surface area contributed by atoms with E-state index < -0.39 is 0 Å². The largest absolute Gasteiger partial charge is 0.437 e. The molecule has 1 saturated carbocycles. The van der Waals surface area contributed by atoms with Gasteiger partial charge in [0, 0.05) is 6.04 Å². The van der Waals surface area contributed by atoms with Crippen LogP contribution in [0.1, 0.15) is 32.1 Å². The Bertz CT molecular complexity index is 598. The van der Waals surface area contributed by atoms with Gasteiger partial charge in [0.25, 0.3) is 5.91 Å². The first kappa shape index (κ1) is 13.5. The summed E-state index contributed by atoms with van der Waals surface area (Å²) in [4.78, 5) is 12.3. The lowest BCUT2D eigenvalue weighted by Crippen LogP contribution is -2.37. The van der Waals surface area contributed by atoms with Crippen molar-refractivity contribution in [1.82, 2.24) is 5.32 Å². The Hall–Kier alpha value is -2.48. The van der Waals surface area contributed by atoms with Crippen LogP contribution in [0.25, 0.3) is 0 Å². The summed E-state index contributed by atoms with van der Waals surface area (Å²) in [5.41, 5.74) is 0.766. The zero-order chi connectivity index (χ0) is 14.7. The minimum atomic E-state index is -0.361. The van der Waals surface area contributed by atoms with Crippen molar-refractivity contribution in [2.45, 2.75) is 38.1 Å². The summed E-state index contributed by atoms with van der Waals surface area (Å²) in [6.45, 7) is 0. The van der Waals surface area contributed by atoms with Crippen molar-refractivity contribution in [2.24, 2.45) is 0 Å². The molecular formula is C16H17N3O2. The first-order chi connectivity index (χ1) is 10.3. The molecule has 5 heteroatoms. The molecule has 1 aliphatic carbocycles. The quantitative estimate of drug-likeness (QED) is 0.646. The van der Waals surface area contributed by atoms with Gasteiger partial charge < -0.3 is 15.4 Å². The standard InChI is InChI=1S/C16H17N3O2/c17-10-12(15(20)18-11-6-2-1-3-7-11)16-19-13-8-4-5-9-14(13)21-16/h4-5,8-9,11,19H,1-3,6-7H2,(H,18,20)/b16-12+. The molecule has 1 aromatic carbocycles. The molecular weight excluding hydrogens is 266 g/mol. The zero-order valence-electron chi connectivity index (χ0n) is 11.7. The van der Waals surface area contributed by atoms with E-state index in [-0.39, 0.29) is 23.4 Å². The number of hydrogen-bond acceptors (Lipinski definition) is 4. The highest BCUT2D eigenvalue weighted by Gasteiger charge is 2.26. The van der Waals surface area contributed by atoms with E-state index in [1.165, 1.54) is 6.42 Å². The van der Waals surface area contributed by atoms with Crippen LogP contribution in [0.2, 0.25) is 0 Å². The molecule has 0 bridgehead atoms. The number of hydrogen-bond donors (Lipinski definition) is 2. The molecule has 0 aromatic heterocycles. The molecule has 0 unspecified atom stereocenters. The number of nitriles is 1. The molecule has 0 saturated heterocycles. The van der Waals surface area contributed by atoms with Crippen molar-refractivity contribution < 1.29 is 9.53 Å². The number of amides is 1. The van der Waals surface area contributed by atoms with E-state index in [2.05, 4.69) is 10.6 Å². The lowest BCUT2D eigenvalue weighted by atomic mass is 9.95. The zero-order valence-corrected chi connectivity index (χ0v) is 11.7. The highest BCUT2D eigenvalue weighted by molar-refractivity contribution is 5.98. The van der Waals surface area contributed by atoms with Crippen molar-refractivity contribution in [3.63, 3.8) is 0 Å². The lowest BCUT2D eigenvalue weighted by molar-refractivity contribution is -0.118. The number of carbonyl (C=O) groups is 1. The number of benzene rings is 1. The molecule has 21 heavy (non-hydrogen) atoms. The van der Waals surface area contributed by atoms with Gasteiger partial charge >= 0.3 is 0 Å². The predicted octanol–water partition coefficient (Wildman–Crippen LogP) is 2.67. The van der Waals surface area contributed by atoms with E-state index in [0.717, 1.165) is 31.4 Å². The fourth-order valence-corrected chi connectivity index (χ4v) is 2.74. The fraction of sp³-hybridized carbons (Fsp3) is 0.375. The van der Waals surface area contributed by atoms with Crippen LogP contribution in [-0.4, -0.2) is 11.9 Å². The van der Waals surface area contributed by atoms with E-state index in [0.29, 0.717) is 5.75 Å². The third-order valence-corrected chi connectivity index (χ3v) is 3.85. The number of anilines is 1. The highest BCUT2D eigenvalue weighted by atomic mass is 16.5. The topological polar surface area (TPSA) is 74.2 Å². The molecule has 108 valence electrons. The molecule has 1 aromatic rings. The van der Waals surface area contributed by atoms with Crippen molar-refractivity contribution in [3.8, 4) is 11.8 Å². The Labute approximate surface area is 123 Å². The number of carbonyl (C=O) groups excluding carboxylic acids is 1. The second-order valence-electron chi connectivity index (χ2n) is 5.35. The molecule has 5 nitrogen and oxygen atoms in total. The van der Waals surface area contributed by atoms with Gasteiger partial charge in [-0.15, -0.1) is 0 Å². The molecule has 0 atom stereocenters. The molecule has 1 heterocycles. The van der Waals surface area contributed by atoms with Crippen molar-refractivity contribution >= 4 is 11.6 Å². The third-order valence-electron chi connectivity index (χ3n) is 3.85. The Morgan fingerprint density at radius 2 is 2.05 bits per heavy atom. The molecule has 0 spiro atoms. The smallest absolute Gasteiger partial charge is 0.267 e. The lowest BCUT2D eigenvalue weighted by Gasteiger charge is -2.22. The highest BCUT2D eigenvalue weighted by Crippen LogP contribution is 2.33. The van der Waals surface area contributed by atoms with Crippen molar-refractivity contribution in [2.75, 3.05) is 5.32 Å². The van der Waals surface area contributed by atoms with Gasteiger partial charge in [-0.1, -0.05) is 31.4 Å². The number of fused-ring (bicyclic) bond motifs is 1. The first-order valence-corrected chi connectivity index (χ1v) is 7.27. The van der Waals surface area contributed by atoms with Gasteiger partial charge in [0.1, 0.15) is 6.07 Å². The monoisotopic (exact) mass is 283 g/mol. The van der Waals surface area contributed by atoms with Crippen LogP contribution >= 0.6 is 0 Å². The predicted molar refractivity (Wildman–Crippen MR) is 78.3 cm³/mol. The second kappa shape index (κ2) is 5.88. The normalized spacial score (nSPS) is 19.8. The van der Waals surface area contributed by atoms with E-state index in [4.69, 9.17) is 4.74 Å². The van der Waals surface area contributed by atoms with Gasteiger partial charge in [0.2, 0.25) is 5.88 Å². The van der Waals surface area contributed by atoms with E-state index >= 15 is 0 Å². The maximum atomic E-state index is 12.3. The Morgan fingerprint density at radius 3 is 2.76 bits per heavy atom. The van der Waals surface area contributed by atoms with Gasteiger partial charge in [-0.05, 0) is 25.0 Å². The summed E-state index contributed by atoms with van der Waals surface area (Å²) in [5.74, 6) is 0.484. The first-order valence-electron chi connectivity index (χ1n) is 7.27. The van der Waals surface area contributed by atoms with Crippen LogP contribution in [0, 0.1) is 11.3 Å². The maximum absolute atomic E-state index is 12.3. The van der Waals surface area contributed by atoms with Crippen LogP contribution in [0.3, 0.4) is 0 Å². The molecule has 1 aliphatic heterocycles. The van der Waals surface area contributed by atoms with Gasteiger partial charge in [0.15, 0.2) is 11.3 Å².